The second kappa shape index (κ2) is 4.41. The van der Waals surface area contributed by atoms with Crippen molar-refractivity contribution < 1.29 is 14.7 Å². The first-order valence-corrected chi connectivity index (χ1v) is 4.33. The Morgan fingerprint density at radius 3 is 2.60 bits per heavy atom. The average Bonchev–Trinajstić information content (AvgIpc) is 2.17. The highest BCUT2D eigenvalue weighted by Crippen LogP contribution is 2.15. The van der Waals surface area contributed by atoms with Gasteiger partial charge in [0.05, 0.1) is 11.1 Å². The van der Waals surface area contributed by atoms with Gasteiger partial charge in [-0.1, -0.05) is 18.2 Å². The molecule has 0 unspecified atom stereocenters. The van der Waals surface area contributed by atoms with Gasteiger partial charge < -0.3 is 10.8 Å². The molecule has 1 aromatic carbocycles. The molecule has 0 aliphatic carbocycles. The van der Waals surface area contributed by atoms with Crippen molar-refractivity contribution in [3.63, 3.8) is 0 Å². The van der Waals surface area contributed by atoms with Crippen LogP contribution < -0.4 is 5.73 Å². The lowest BCUT2D eigenvalue weighted by Crippen LogP contribution is -2.17. The second-order valence-corrected chi connectivity index (χ2v) is 3.00. The molecule has 0 aliphatic heterocycles. The summed E-state index contributed by atoms with van der Waals surface area (Å²) in [5.74, 6) is -1.89. The number of primary amides is 1. The zero-order valence-electron chi connectivity index (χ0n) is 8.06. The van der Waals surface area contributed by atoms with Crippen molar-refractivity contribution in [3.05, 3.63) is 47.5 Å². The number of carboxylic acid groups (broad SMARTS) is 1. The number of benzene rings is 1. The molecule has 0 heterocycles. The molecule has 0 aliphatic rings. The molecule has 15 heavy (non-hydrogen) atoms. The zero-order valence-corrected chi connectivity index (χ0v) is 8.06. The number of allylic oxidation sites excluding steroid dienone is 1. The van der Waals surface area contributed by atoms with Crippen LogP contribution in [-0.4, -0.2) is 17.0 Å². The monoisotopic (exact) mass is 205 g/mol. The Kier molecular flexibility index (Phi) is 3.23. The van der Waals surface area contributed by atoms with Crippen molar-refractivity contribution in [1.82, 2.24) is 0 Å². The minimum atomic E-state index is -1.15. The van der Waals surface area contributed by atoms with E-state index >= 15 is 0 Å². The van der Waals surface area contributed by atoms with Crippen LogP contribution in [0.25, 0.3) is 0 Å². The molecule has 1 rings (SSSR count). The van der Waals surface area contributed by atoms with E-state index in [1.807, 2.05) is 0 Å². The lowest BCUT2D eigenvalue weighted by atomic mass is 9.98. The molecule has 4 nitrogen and oxygen atoms in total. The van der Waals surface area contributed by atoms with E-state index in [4.69, 9.17) is 10.8 Å². The Morgan fingerprint density at radius 1 is 1.47 bits per heavy atom. The number of carbonyl (C=O) groups is 2. The number of hydrogen-bond donors (Lipinski definition) is 2. The summed E-state index contributed by atoms with van der Waals surface area (Å²) in [7, 11) is 0. The van der Waals surface area contributed by atoms with Gasteiger partial charge in [-0.25, -0.2) is 4.79 Å². The van der Waals surface area contributed by atoms with Gasteiger partial charge in [0.1, 0.15) is 0 Å². The third kappa shape index (κ3) is 2.22. The van der Waals surface area contributed by atoms with Crippen LogP contribution in [-0.2, 0) is 6.42 Å². The first-order chi connectivity index (χ1) is 7.07. The zero-order chi connectivity index (χ0) is 11.4. The summed E-state index contributed by atoms with van der Waals surface area (Å²) in [5.41, 5.74) is 5.62. The van der Waals surface area contributed by atoms with Gasteiger partial charge in [-0.15, -0.1) is 6.58 Å². The maximum Gasteiger partial charge on any atom is 0.336 e. The van der Waals surface area contributed by atoms with Crippen LogP contribution in [0.3, 0.4) is 0 Å². The molecule has 0 saturated heterocycles. The van der Waals surface area contributed by atoms with E-state index in [9.17, 15) is 9.59 Å². The highest BCUT2D eigenvalue weighted by atomic mass is 16.4. The SMILES string of the molecule is C=CCc1cccc(C(N)=O)c1C(=O)O. The van der Waals surface area contributed by atoms with Crippen molar-refractivity contribution in [1.29, 1.82) is 0 Å². The van der Waals surface area contributed by atoms with E-state index < -0.39 is 11.9 Å². The van der Waals surface area contributed by atoms with Crippen molar-refractivity contribution in [3.8, 4) is 0 Å². The number of carboxylic acids is 1. The van der Waals surface area contributed by atoms with Crippen LogP contribution in [0.15, 0.2) is 30.9 Å². The lowest BCUT2D eigenvalue weighted by molar-refractivity contribution is 0.0691. The van der Waals surface area contributed by atoms with E-state index in [-0.39, 0.29) is 11.1 Å². The smallest absolute Gasteiger partial charge is 0.336 e. The van der Waals surface area contributed by atoms with E-state index in [0.29, 0.717) is 12.0 Å². The molecular formula is C11H11NO3. The number of carbonyl (C=O) groups excluding carboxylic acids is 1. The summed E-state index contributed by atoms with van der Waals surface area (Å²) in [6.07, 6.45) is 1.97. The molecule has 1 aromatic rings. The molecule has 3 N–H and O–H groups in total. The van der Waals surface area contributed by atoms with E-state index in [2.05, 4.69) is 6.58 Å². The molecule has 78 valence electrons. The van der Waals surface area contributed by atoms with Gasteiger partial charge in [-0.3, -0.25) is 4.79 Å². The third-order valence-electron chi connectivity index (χ3n) is 1.99. The number of aromatic carboxylic acids is 1. The molecule has 0 spiro atoms. The second-order valence-electron chi connectivity index (χ2n) is 3.00. The van der Waals surface area contributed by atoms with Crippen molar-refractivity contribution in [2.75, 3.05) is 0 Å². The van der Waals surface area contributed by atoms with Gasteiger partial charge in [-0.2, -0.15) is 0 Å². The summed E-state index contributed by atoms with van der Waals surface area (Å²) >= 11 is 0. The molecule has 0 fully saturated rings. The number of nitrogens with two attached hydrogens (primary N) is 1. The highest BCUT2D eigenvalue weighted by Gasteiger charge is 2.17. The first kappa shape index (κ1) is 11.0. The van der Waals surface area contributed by atoms with Crippen molar-refractivity contribution in [2.24, 2.45) is 5.73 Å². The quantitative estimate of drug-likeness (QED) is 0.725. The van der Waals surface area contributed by atoms with Gasteiger partial charge in [0.2, 0.25) is 5.91 Å². The van der Waals surface area contributed by atoms with Gasteiger partial charge in [-0.05, 0) is 18.1 Å². The van der Waals surface area contributed by atoms with E-state index in [1.165, 1.54) is 6.07 Å². The Labute approximate surface area is 87.0 Å². The normalized spacial score (nSPS) is 9.60. The summed E-state index contributed by atoms with van der Waals surface area (Å²) in [4.78, 5) is 22.0. The number of amides is 1. The van der Waals surface area contributed by atoms with Gasteiger partial charge >= 0.3 is 5.97 Å². The van der Waals surface area contributed by atoms with Crippen LogP contribution in [0.4, 0.5) is 0 Å². The van der Waals surface area contributed by atoms with Gasteiger partial charge in [0, 0.05) is 0 Å². The minimum Gasteiger partial charge on any atom is -0.478 e. The van der Waals surface area contributed by atoms with Crippen molar-refractivity contribution >= 4 is 11.9 Å². The summed E-state index contributed by atoms with van der Waals surface area (Å²) in [6, 6.07) is 4.64. The number of hydrogen-bond acceptors (Lipinski definition) is 2. The first-order valence-electron chi connectivity index (χ1n) is 4.33. The molecule has 0 aromatic heterocycles. The fourth-order valence-electron chi connectivity index (χ4n) is 1.38. The van der Waals surface area contributed by atoms with Crippen LogP contribution in [0.5, 0.6) is 0 Å². The average molecular weight is 205 g/mol. The molecule has 1 amide bonds. The van der Waals surface area contributed by atoms with Gasteiger partial charge in [0.15, 0.2) is 0 Å². The molecular weight excluding hydrogens is 194 g/mol. The van der Waals surface area contributed by atoms with Crippen LogP contribution in [0.2, 0.25) is 0 Å². The molecule has 4 heteroatoms. The van der Waals surface area contributed by atoms with E-state index in [1.54, 1.807) is 18.2 Å². The maximum absolute atomic E-state index is 11.0. The lowest BCUT2D eigenvalue weighted by Gasteiger charge is -2.07. The minimum absolute atomic E-state index is 0.0295. The van der Waals surface area contributed by atoms with Crippen LogP contribution in [0.1, 0.15) is 26.3 Å². The highest BCUT2D eigenvalue weighted by molar-refractivity contribution is 6.05. The molecule has 0 bridgehead atoms. The Bertz CT molecular complexity index is 424. The summed E-state index contributed by atoms with van der Waals surface area (Å²) in [6.45, 7) is 3.52. The largest absolute Gasteiger partial charge is 0.478 e. The predicted octanol–water partition coefficient (Wildman–Crippen LogP) is 1.21. The fraction of sp³-hybridized carbons (Fsp3) is 0.0909. The summed E-state index contributed by atoms with van der Waals surface area (Å²) < 4.78 is 0. The Morgan fingerprint density at radius 2 is 2.13 bits per heavy atom. The predicted molar refractivity (Wildman–Crippen MR) is 55.8 cm³/mol. The van der Waals surface area contributed by atoms with Crippen molar-refractivity contribution in [2.45, 2.75) is 6.42 Å². The number of rotatable bonds is 4. The van der Waals surface area contributed by atoms with E-state index in [0.717, 1.165) is 0 Å². The van der Waals surface area contributed by atoms with Gasteiger partial charge in [0.25, 0.3) is 0 Å². The van der Waals surface area contributed by atoms with Crippen LogP contribution in [0, 0.1) is 0 Å². The summed E-state index contributed by atoms with van der Waals surface area (Å²) in [5, 5.41) is 8.98. The molecule has 0 radical (unpaired) electrons. The fourth-order valence-corrected chi connectivity index (χ4v) is 1.38. The molecule has 0 atom stereocenters. The maximum atomic E-state index is 11.0. The topological polar surface area (TPSA) is 80.4 Å². The Hall–Kier alpha value is -2.10. The molecule has 0 saturated carbocycles. The standard InChI is InChI=1S/C11H11NO3/c1-2-4-7-5-3-6-8(10(12)13)9(7)11(14)15/h2-3,5-6H,1,4H2,(H2,12,13)(H,14,15). The third-order valence-corrected chi connectivity index (χ3v) is 1.99. The Balaban J connectivity index is 3.40. The van der Waals surface area contributed by atoms with Crippen LogP contribution >= 0.6 is 0 Å².